The Morgan fingerprint density at radius 3 is 2.88 bits per heavy atom. The molecule has 1 amide bonds. The van der Waals surface area contributed by atoms with Crippen LogP contribution >= 0.6 is 0 Å². The Hall–Kier alpha value is -1.06. The van der Waals surface area contributed by atoms with Crippen LogP contribution in [0, 0.1) is 0 Å². The van der Waals surface area contributed by atoms with Crippen LogP contribution in [0.5, 0.6) is 0 Å². The van der Waals surface area contributed by atoms with Crippen LogP contribution in [0.4, 0.5) is 0 Å². The average Bonchev–Trinajstić information content (AvgIpc) is 1.83. The van der Waals surface area contributed by atoms with Crippen molar-refractivity contribution in [3.63, 3.8) is 0 Å². The largest absolute Gasteiger partial charge is 0.483 e. The maximum atomic E-state index is 9.55. The molecule has 8 heavy (non-hydrogen) atoms. The van der Waals surface area contributed by atoms with Crippen molar-refractivity contribution in [2.24, 2.45) is 5.10 Å². The number of methoxy groups -OCH3 is 1. The fourth-order valence-electron chi connectivity index (χ4n) is 0.163. The highest BCUT2D eigenvalue weighted by Crippen LogP contribution is 1.70. The van der Waals surface area contributed by atoms with E-state index in [2.05, 4.69) is 15.3 Å². The summed E-state index contributed by atoms with van der Waals surface area (Å²) in [6.07, 6.45) is 0.475. The van der Waals surface area contributed by atoms with Crippen LogP contribution in [0.1, 0.15) is 6.92 Å². The number of amides is 1. The molecule has 4 nitrogen and oxygen atoms in total. The zero-order valence-corrected chi connectivity index (χ0v) is 4.84. The summed E-state index contributed by atoms with van der Waals surface area (Å²) in [6.45, 7) is 1.64. The van der Waals surface area contributed by atoms with Crippen molar-refractivity contribution in [3.8, 4) is 0 Å². The van der Waals surface area contributed by atoms with Gasteiger partial charge in [0.15, 0.2) is 0 Å². The van der Waals surface area contributed by atoms with Gasteiger partial charge in [0, 0.05) is 6.92 Å². The highest BCUT2D eigenvalue weighted by molar-refractivity contribution is 5.73. The van der Waals surface area contributed by atoms with Gasteiger partial charge < -0.3 is 4.74 Å². The number of hydrogen-bond acceptors (Lipinski definition) is 3. The van der Waals surface area contributed by atoms with Gasteiger partial charge in [0.05, 0.1) is 7.11 Å². The smallest absolute Gasteiger partial charge is 0.227 e. The maximum absolute atomic E-state index is 9.55. The Balaban J connectivity index is 3.40. The summed E-state index contributed by atoms with van der Waals surface area (Å²) in [6, 6.07) is 0. The molecule has 0 fully saturated rings. The molecule has 0 atom stereocenters. The van der Waals surface area contributed by atoms with Gasteiger partial charge in [-0.05, 0) is 0 Å². The molecule has 0 unspecified atom stereocenters. The van der Waals surface area contributed by atoms with Crippen LogP contribution in [0.3, 0.4) is 0 Å². The van der Waals surface area contributed by atoms with E-state index in [9.17, 15) is 4.79 Å². The topological polar surface area (TPSA) is 50.7 Å². The van der Waals surface area contributed by atoms with E-state index in [-0.39, 0.29) is 0 Å². The molecular weight excluding hydrogens is 108 g/mol. The highest BCUT2D eigenvalue weighted by atomic mass is 16.5. The standard InChI is InChI=1S/C4H8N2O2/c1-4(8-2)6-5-3-7/h3H,1-2H3,(H,5,7)/b6-4-. The van der Waals surface area contributed by atoms with Crippen LogP contribution in [-0.4, -0.2) is 19.4 Å². The third kappa shape index (κ3) is 3.14. The van der Waals surface area contributed by atoms with Gasteiger partial charge in [0.1, 0.15) is 0 Å². The van der Waals surface area contributed by atoms with Crippen molar-refractivity contribution in [2.45, 2.75) is 6.92 Å². The van der Waals surface area contributed by atoms with Gasteiger partial charge in [-0.15, -0.1) is 5.10 Å². The molecule has 0 saturated carbocycles. The molecule has 46 valence electrons. The molecular formula is C4H8N2O2. The van der Waals surface area contributed by atoms with E-state index in [0.29, 0.717) is 12.3 Å². The summed E-state index contributed by atoms with van der Waals surface area (Å²) in [7, 11) is 1.48. The minimum absolute atomic E-state index is 0.428. The number of hydrogen-bond donors (Lipinski definition) is 1. The number of carbonyl (C=O) groups excluding carboxylic acids is 1. The number of carbonyl (C=O) groups is 1. The van der Waals surface area contributed by atoms with Gasteiger partial charge in [-0.25, -0.2) is 5.43 Å². The number of nitrogens with one attached hydrogen (secondary N) is 1. The van der Waals surface area contributed by atoms with Crippen molar-refractivity contribution in [3.05, 3.63) is 0 Å². The zero-order chi connectivity index (χ0) is 6.41. The number of rotatable bonds is 2. The van der Waals surface area contributed by atoms with Gasteiger partial charge >= 0.3 is 0 Å². The van der Waals surface area contributed by atoms with Crippen LogP contribution in [0.2, 0.25) is 0 Å². The predicted octanol–water partition coefficient (Wildman–Crippen LogP) is -0.288. The van der Waals surface area contributed by atoms with Crippen LogP contribution in [0.25, 0.3) is 0 Å². The first-order valence-electron chi connectivity index (χ1n) is 2.08. The lowest BCUT2D eigenvalue weighted by atomic mass is 10.8. The molecule has 0 saturated heterocycles. The monoisotopic (exact) mass is 116 g/mol. The molecule has 0 aliphatic carbocycles. The Kier molecular flexibility index (Phi) is 3.56. The Morgan fingerprint density at radius 2 is 2.50 bits per heavy atom. The fourth-order valence-corrected chi connectivity index (χ4v) is 0.163. The van der Waals surface area contributed by atoms with Gasteiger partial charge in [-0.3, -0.25) is 4.79 Å². The molecule has 1 N–H and O–H groups in total. The SMILES string of the molecule is CO/C(C)=N\NC=O. The molecule has 0 radical (unpaired) electrons. The third-order valence-corrected chi connectivity index (χ3v) is 0.570. The van der Waals surface area contributed by atoms with E-state index in [4.69, 9.17) is 0 Å². The van der Waals surface area contributed by atoms with Crippen molar-refractivity contribution in [1.82, 2.24) is 5.43 Å². The Labute approximate surface area is 47.5 Å². The molecule has 0 bridgehead atoms. The Bertz CT molecular complexity index is 100. The van der Waals surface area contributed by atoms with Gasteiger partial charge in [-0.1, -0.05) is 0 Å². The van der Waals surface area contributed by atoms with E-state index in [1.165, 1.54) is 7.11 Å². The molecule has 0 aliphatic rings. The van der Waals surface area contributed by atoms with Gasteiger partial charge in [-0.2, -0.15) is 0 Å². The van der Waals surface area contributed by atoms with Crippen LogP contribution in [0.15, 0.2) is 5.10 Å². The van der Waals surface area contributed by atoms with Crippen molar-refractivity contribution >= 4 is 12.3 Å². The quantitative estimate of drug-likeness (QED) is 0.233. The zero-order valence-electron chi connectivity index (χ0n) is 4.84. The molecule has 0 spiro atoms. The lowest BCUT2D eigenvalue weighted by Crippen LogP contribution is -2.06. The highest BCUT2D eigenvalue weighted by Gasteiger charge is 1.79. The lowest BCUT2D eigenvalue weighted by molar-refractivity contribution is -0.109. The average molecular weight is 116 g/mol. The summed E-state index contributed by atoms with van der Waals surface area (Å²) in [5, 5.41) is 3.44. The first-order valence-corrected chi connectivity index (χ1v) is 2.08. The molecule has 0 aromatic heterocycles. The van der Waals surface area contributed by atoms with Crippen LogP contribution in [-0.2, 0) is 9.53 Å². The Morgan fingerprint density at radius 1 is 1.88 bits per heavy atom. The number of nitrogens with zero attached hydrogens (tertiary/aromatic N) is 1. The van der Waals surface area contributed by atoms with E-state index in [1.807, 2.05) is 0 Å². The lowest BCUT2D eigenvalue weighted by Gasteiger charge is -1.92. The molecule has 0 aromatic carbocycles. The molecule has 0 heterocycles. The molecule has 0 rings (SSSR count). The summed E-state index contributed by atoms with van der Waals surface area (Å²) < 4.78 is 4.58. The summed E-state index contributed by atoms with van der Waals surface area (Å²) in [5.41, 5.74) is 2.08. The third-order valence-electron chi connectivity index (χ3n) is 0.570. The predicted molar refractivity (Wildman–Crippen MR) is 29.3 cm³/mol. The molecule has 4 heteroatoms. The number of ether oxygens (including phenoxy) is 1. The van der Waals surface area contributed by atoms with E-state index in [1.54, 1.807) is 6.92 Å². The first kappa shape index (κ1) is 6.94. The van der Waals surface area contributed by atoms with Crippen molar-refractivity contribution in [1.29, 1.82) is 0 Å². The van der Waals surface area contributed by atoms with Gasteiger partial charge in [0.2, 0.25) is 12.3 Å². The normalized spacial score (nSPS) is 10.5. The second-order valence-electron chi connectivity index (χ2n) is 1.08. The fraction of sp³-hybridized carbons (Fsp3) is 0.500. The molecule has 0 aliphatic heterocycles. The molecule has 0 aromatic rings. The van der Waals surface area contributed by atoms with Gasteiger partial charge in [0.25, 0.3) is 0 Å². The van der Waals surface area contributed by atoms with Crippen molar-refractivity contribution < 1.29 is 9.53 Å². The van der Waals surface area contributed by atoms with Crippen LogP contribution < -0.4 is 5.43 Å². The summed E-state index contributed by atoms with van der Waals surface area (Å²) in [5.74, 6) is 0.428. The first-order chi connectivity index (χ1) is 3.81. The van der Waals surface area contributed by atoms with E-state index in [0.717, 1.165) is 0 Å². The second kappa shape index (κ2) is 4.11. The van der Waals surface area contributed by atoms with E-state index >= 15 is 0 Å². The minimum Gasteiger partial charge on any atom is -0.483 e. The maximum Gasteiger partial charge on any atom is 0.227 e. The minimum atomic E-state index is 0.428. The summed E-state index contributed by atoms with van der Waals surface area (Å²) in [4.78, 5) is 9.55. The summed E-state index contributed by atoms with van der Waals surface area (Å²) >= 11 is 0. The number of hydrazone groups is 1. The van der Waals surface area contributed by atoms with E-state index < -0.39 is 0 Å². The van der Waals surface area contributed by atoms with Crippen molar-refractivity contribution in [2.75, 3.05) is 7.11 Å². The second-order valence-corrected chi connectivity index (χ2v) is 1.08.